The SMILES string of the molecule is CN1CC=C(c2ncc(Br)cc2N2C(=O)c3ccccc3C2=O)CC1. The fourth-order valence-corrected chi connectivity index (χ4v) is 3.56. The summed E-state index contributed by atoms with van der Waals surface area (Å²) in [5.74, 6) is -0.592. The van der Waals surface area contributed by atoms with Gasteiger partial charge in [-0.2, -0.15) is 0 Å². The first-order valence-corrected chi connectivity index (χ1v) is 8.87. The van der Waals surface area contributed by atoms with Gasteiger partial charge >= 0.3 is 0 Å². The standard InChI is InChI=1S/C19H16BrN3O2/c1-22-8-6-12(7-9-22)17-16(10-13(20)11-21-17)23-18(24)14-4-2-3-5-15(14)19(23)25/h2-6,10-11H,7-9H2,1H3. The summed E-state index contributed by atoms with van der Waals surface area (Å²) in [6, 6.07) is 8.72. The van der Waals surface area contributed by atoms with Crippen molar-refractivity contribution in [1.82, 2.24) is 9.88 Å². The molecule has 0 spiro atoms. The first-order valence-electron chi connectivity index (χ1n) is 8.07. The lowest BCUT2D eigenvalue weighted by Gasteiger charge is -2.24. The molecule has 25 heavy (non-hydrogen) atoms. The van der Waals surface area contributed by atoms with Gasteiger partial charge < -0.3 is 4.90 Å². The van der Waals surface area contributed by atoms with Gasteiger partial charge in [-0.3, -0.25) is 14.6 Å². The number of rotatable bonds is 2. The molecule has 0 radical (unpaired) electrons. The first kappa shape index (κ1) is 16.2. The third-order valence-electron chi connectivity index (χ3n) is 4.59. The summed E-state index contributed by atoms with van der Waals surface area (Å²) in [5.41, 5.74) is 3.19. The number of carbonyl (C=O) groups excluding carboxylic acids is 2. The topological polar surface area (TPSA) is 53.5 Å². The third kappa shape index (κ3) is 2.71. The highest BCUT2D eigenvalue weighted by Crippen LogP contribution is 2.36. The molecule has 0 bridgehead atoms. The molecule has 0 unspecified atom stereocenters. The Labute approximate surface area is 154 Å². The summed E-state index contributed by atoms with van der Waals surface area (Å²) in [5, 5.41) is 0. The first-order chi connectivity index (χ1) is 12.1. The summed E-state index contributed by atoms with van der Waals surface area (Å²) in [4.78, 5) is 33.7. The van der Waals surface area contributed by atoms with Crippen LogP contribution in [-0.4, -0.2) is 41.8 Å². The van der Waals surface area contributed by atoms with Gasteiger partial charge in [-0.25, -0.2) is 4.90 Å². The Kier molecular flexibility index (Phi) is 4.01. The van der Waals surface area contributed by atoms with Gasteiger partial charge in [0.15, 0.2) is 0 Å². The molecule has 0 saturated carbocycles. The molecular formula is C19H16BrN3O2. The van der Waals surface area contributed by atoms with Crippen LogP contribution in [0.15, 0.2) is 47.1 Å². The highest BCUT2D eigenvalue weighted by Gasteiger charge is 2.38. The van der Waals surface area contributed by atoms with Gasteiger partial charge in [-0.15, -0.1) is 0 Å². The molecule has 0 aliphatic carbocycles. The smallest absolute Gasteiger partial charge is 0.266 e. The van der Waals surface area contributed by atoms with Gasteiger partial charge in [-0.05, 0) is 53.2 Å². The van der Waals surface area contributed by atoms with Gasteiger partial charge in [0, 0.05) is 23.8 Å². The number of amides is 2. The van der Waals surface area contributed by atoms with Crippen molar-refractivity contribution in [3.8, 4) is 0 Å². The van der Waals surface area contributed by atoms with Crippen LogP contribution in [0.1, 0.15) is 32.8 Å². The second-order valence-corrected chi connectivity index (χ2v) is 7.17. The van der Waals surface area contributed by atoms with Crippen LogP contribution >= 0.6 is 15.9 Å². The van der Waals surface area contributed by atoms with Crippen LogP contribution in [0, 0.1) is 0 Å². The van der Waals surface area contributed by atoms with Crippen molar-refractivity contribution in [3.63, 3.8) is 0 Å². The van der Waals surface area contributed by atoms with Crippen LogP contribution in [0.4, 0.5) is 5.69 Å². The Morgan fingerprint density at radius 3 is 2.40 bits per heavy atom. The molecule has 6 heteroatoms. The van der Waals surface area contributed by atoms with Gasteiger partial charge in [0.05, 0.1) is 22.5 Å². The largest absolute Gasteiger partial charge is 0.302 e. The van der Waals surface area contributed by atoms with Gasteiger partial charge in [0.2, 0.25) is 0 Å². The Morgan fingerprint density at radius 1 is 1.12 bits per heavy atom. The normalized spacial score (nSPS) is 17.7. The minimum atomic E-state index is -0.296. The number of likely N-dealkylation sites (N-methyl/N-ethyl adjacent to an activating group) is 1. The molecule has 3 heterocycles. The van der Waals surface area contributed by atoms with E-state index in [0.717, 1.165) is 29.6 Å². The molecule has 1 aromatic heterocycles. The van der Waals surface area contributed by atoms with E-state index in [-0.39, 0.29) is 11.8 Å². The molecule has 1 aromatic carbocycles. The van der Waals surface area contributed by atoms with Gasteiger partial charge in [0.1, 0.15) is 0 Å². The molecule has 2 aliphatic rings. The number of hydrogen-bond acceptors (Lipinski definition) is 4. The number of benzene rings is 1. The number of halogens is 1. The summed E-state index contributed by atoms with van der Waals surface area (Å²) in [6.07, 6.45) is 4.65. The predicted molar refractivity (Wildman–Crippen MR) is 99.6 cm³/mol. The Hall–Kier alpha value is -2.31. The Bertz CT molecular complexity index is 888. The van der Waals surface area contributed by atoms with Crippen LogP contribution in [0.25, 0.3) is 5.57 Å². The average molecular weight is 398 g/mol. The van der Waals surface area contributed by atoms with E-state index in [0.29, 0.717) is 22.5 Å². The molecule has 0 atom stereocenters. The molecule has 5 nitrogen and oxygen atoms in total. The summed E-state index contributed by atoms with van der Waals surface area (Å²) >= 11 is 3.41. The highest BCUT2D eigenvalue weighted by molar-refractivity contribution is 9.10. The van der Waals surface area contributed by atoms with Crippen molar-refractivity contribution in [2.24, 2.45) is 0 Å². The number of imide groups is 1. The quantitative estimate of drug-likeness (QED) is 0.729. The second-order valence-electron chi connectivity index (χ2n) is 6.25. The molecule has 0 fully saturated rings. The zero-order valence-corrected chi connectivity index (χ0v) is 15.3. The van der Waals surface area contributed by atoms with Crippen LogP contribution in [0.5, 0.6) is 0 Å². The summed E-state index contributed by atoms with van der Waals surface area (Å²) in [7, 11) is 2.06. The van der Waals surface area contributed by atoms with Crippen molar-refractivity contribution >= 4 is 39.0 Å². The third-order valence-corrected chi connectivity index (χ3v) is 5.02. The molecule has 0 N–H and O–H groups in total. The summed E-state index contributed by atoms with van der Waals surface area (Å²) in [6.45, 7) is 1.75. The molecular weight excluding hydrogens is 382 g/mol. The van der Waals surface area contributed by atoms with Crippen molar-refractivity contribution in [3.05, 3.63) is 63.9 Å². The maximum atomic E-state index is 12.8. The lowest BCUT2D eigenvalue weighted by molar-refractivity contribution is 0.0926. The molecule has 2 aromatic rings. The van der Waals surface area contributed by atoms with Crippen molar-refractivity contribution < 1.29 is 9.59 Å². The maximum Gasteiger partial charge on any atom is 0.266 e. The molecule has 4 rings (SSSR count). The summed E-state index contributed by atoms with van der Waals surface area (Å²) < 4.78 is 0.733. The lowest BCUT2D eigenvalue weighted by atomic mass is 10.0. The zero-order valence-electron chi connectivity index (χ0n) is 13.7. The van der Waals surface area contributed by atoms with Crippen LogP contribution < -0.4 is 4.90 Å². The number of hydrogen-bond donors (Lipinski definition) is 0. The minimum absolute atomic E-state index is 0.296. The predicted octanol–water partition coefficient (Wildman–Crippen LogP) is 3.36. The van der Waals surface area contributed by atoms with Gasteiger partial charge in [0.25, 0.3) is 11.8 Å². The minimum Gasteiger partial charge on any atom is -0.302 e. The lowest BCUT2D eigenvalue weighted by Crippen LogP contribution is -2.31. The fraction of sp³-hybridized carbons (Fsp3) is 0.211. The highest BCUT2D eigenvalue weighted by atomic mass is 79.9. The van der Waals surface area contributed by atoms with Gasteiger partial charge in [-0.1, -0.05) is 18.2 Å². The van der Waals surface area contributed by atoms with Crippen LogP contribution in [0.2, 0.25) is 0 Å². The van der Waals surface area contributed by atoms with E-state index in [2.05, 4.69) is 38.9 Å². The number of fused-ring (bicyclic) bond motifs is 1. The maximum absolute atomic E-state index is 12.8. The van der Waals surface area contributed by atoms with Crippen LogP contribution in [-0.2, 0) is 0 Å². The van der Waals surface area contributed by atoms with Crippen molar-refractivity contribution in [1.29, 1.82) is 0 Å². The van der Waals surface area contributed by atoms with E-state index < -0.39 is 0 Å². The van der Waals surface area contributed by atoms with E-state index in [4.69, 9.17) is 0 Å². The number of aromatic nitrogens is 1. The second kappa shape index (κ2) is 6.20. The Morgan fingerprint density at radius 2 is 1.80 bits per heavy atom. The van der Waals surface area contributed by atoms with E-state index in [1.54, 1.807) is 36.5 Å². The Balaban J connectivity index is 1.83. The van der Waals surface area contributed by atoms with E-state index in [1.165, 1.54) is 4.90 Å². The molecule has 2 amide bonds. The fourth-order valence-electron chi connectivity index (χ4n) is 3.24. The average Bonchev–Trinajstić information content (AvgIpc) is 2.87. The van der Waals surface area contributed by atoms with E-state index >= 15 is 0 Å². The van der Waals surface area contributed by atoms with E-state index in [9.17, 15) is 9.59 Å². The number of anilines is 1. The van der Waals surface area contributed by atoms with Crippen LogP contribution in [0.3, 0.4) is 0 Å². The number of carbonyl (C=O) groups is 2. The monoisotopic (exact) mass is 397 g/mol. The van der Waals surface area contributed by atoms with Crippen molar-refractivity contribution in [2.75, 3.05) is 25.0 Å². The molecule has 2 aliphatic heterocycles. The van der Waals surface area contributed by atoms with E-state index in [1.807, 2.05) is 0 Å². The zero-order chi connectivity index (χ0) is 17.6. The number of pyridine rings is 1. The van der Waals surface area contributed by atoms with Crippen molar-refractivity contribution in [2.45, 2.75) is 6.42 Å². The molecule has 0 saturated heterocycles. The number of nitrogens with zero attached hydrogens (tertiary/aromatic N) is 3. The molecule has 126 valence electrons.